The third-order valence-electron chi connectivity index (χ3n) is 2.91. The van der Waals surface area contributed by atoms with Crippen LogP contribution in [0.1, 0.15) is 11.3 Å². The van der Waals surface area contributed by atoms with Gasteiger partial charge in [-0.1, -0.05) is 24.3 Å². The van der Waals surface area contributed by atoms with Gasteiger partial charge < -0.3 is 9.73 Å². The molecule has 0 aliphatic rings. The number of nitrogens with zero attached hydrogens (tertiary/aromatic N) is 2. The van der Waals surface area contributed by atoms with Gasteiger partial charge in [-0.25, -0.2) is 0 Å². The summed E-state index contributed by atoms with van der Waals surface area (Å²) in [6.07, 6.45) is 3.38. The van der Waals surface area contributed by atoms with Gasteiger partial charge in [-0.05, 0) is 13.0 Å². The van der Waals surface area contributed by atoms with Crippen molar-refractivity contribution in [3.05, 3.63) is 54.1 Å². The number of furan rings is 1. The molecule has 0 amide bonds. The standard InChI is InChI=1S/C14H13N3O/c1-10-12-4-2-3-5-13(12)14(17-16-10)15-8-11-6-7-18-9-11/h2-7,9H,8H2,1H3,(H,15,17). The minimum Gasteiger partial charge on any atom is -0.472 e. The zero-order valence-corrected chi connectivity index (χ0v) is 10.1. The molecule has 4 nitrogen and oxygen atoms in total. The predicted molar refractivity (Wildman–Crippen MR) is 70.3 cm³/mol. The molecule has 1 aromatic carbocycles. The maximum absolute atomic E-state index is 5.03. The van der Waals surface area contributed by atoms with Gasteiger partial charge in [-0.15, -0.1) is 5.10 Å². The van der Waals surface area contributed by atoms with Crippen LogP contribution < -0.4 is 5.32 Å². The van der Waals surface area contributed by atoms with Gasteiger partial charge >= 0.3 is 0 Å². The van der Waals surface area contributed by atoms with Crippen molar-refractivity contribution in [2.24, 2.45) is 0 Å². The lowest BCUT2D eigenvalue weighted by molar-refractivity contribution is 0.564. The molecule has 18 heavy (non-hydrogen) atoms. The molecule has 0 radical (unpaired) electrons. The molecule has 3 aromatic rings. The van der Waals surface area contributed by atoms with Crippen LogP contribution in [0.15, 0.2) is 47.3 Å². The minimum atomic E-state index is 0.679. The van der Waals surface area contributed by atoms with Crippen molar-refractivity contribution >= 4 is 16.6 Å². The van der Waals surface area contributed by atoms with E-state index in [4.69, 9.17) is 4.42 Å². The molecule has 2 aromatic heterocycles. The molecule has 0 saturated heterocycles. The van der Waals surface area contributed by atoms with Crippen molar-refractivity contribution in [1.82, 2.24) is 10.2 Å². The van der Waals surface area contributed by atoms with E-state index in [0.29, 0.717) is 6.54 Å². The second kappa shape index (κ2) is 4.49. The first-order valence-corrected chi connectivity index (χ1v) is 5.81. The Morgan fingerprint density at radius 3 is 2.72 bits per heavy atom. The van der Waals surface area contributed by atoms with Crippen LogP contribution in [-0.4, -0.2) is 10.2 Å². The fourth-order valence-electron chi connectivity index (χ4n) is 1.95. The molecule has 0 saturated carbocycles. The van der Waals surface area contributed by atoms with Crippen molar-refractivity contribution in [2.75, 3.05) is 5.32 Å². The molecule has 0 aliphatic carbocycles. The van der Waals surface area contributed by atoms with E-state index in [1.807, 2.05) is 25.1 Å². The highest BCUT2D eigenvalue weighted by atomic mass is 16.3. The second-order valence-electron chi connectivity index (χ2n) is 4.16. The van der Waals surface area contributed by atoms with E-state index in [-0.39, 0.29) is 0 Å². The number of anilines is 1. The van der Waals surface area contributed by atoms with Gasteiger partial charge in [0.15, 0.2) is 5.82 Å². The lowest BCUT2D eigenvalue weighted by Crippen LogP contribution is -2.03. The quantitative estimate of drug-likeness (QED) is 0.762. The van der Waals surface area contributed by atoms with Crippen LogP contribution in [0.4, 0.5) is 5.82 Å². The number of rotatable bonds is 3. The van der Waals surface area contributed by atoms with Crippen LogP contribution in [0.2, 0.25) is 0 Å². The molecule has 0 fully saturated rings. The third-order valence-corrected chi connectivity index (χ3v) is 2.91. The minimum absolute atomic E-state index is 0.679. The number of fused-ring (bicyclic) bond motifs is 1. The predicted octanol–water partition coefficient (Wildman–Crippen LogP) is 3.14. The molecule has 4 heteroatoms. The van der Waals surface area contributed by atoms with Gasteiger partial charge in [-0.2, -0.15) is 5.10 Å². The van der Waals surface area contributed by atoms with Crippen molar-refractivity contribution in [3.63, 3.8) is 0 Å². The summed E-state index contributed by atoms with van der Waals surface area (Å²) in [5, 5.41) is 13.9. The zero-order chi connectivity index (χ0) is 12.4. The van der Waals surface area contributed by atoms with E-state index in [2.05, 4.69) is 27.6 Å². The van der Waals surface area contributed by atoms with Crippen molar-refractivity contribution in [3.8, 4) is 0 Å². The Bertz CT molecular complexity index is 662. The summed E-state index contributed by atoms with van der Waals surface area (Å²) in [7, 11) is 0. The lowest BCUT2D eigenvalue weighted by atomic mass is 10.1. The van der Waals surface area contributed by atoms with E-state index in [1.54, 1.807) is 12.5 Å². The maximum atomic E-state index is 5.03. The first kappa shape index (κ1) is 10.8. The first-order valence-electron chi connectivity index (χ1n) is 5.81. The summed E-state index contributed by atoms with van der Waals surface area (Å²) < 4.78 is 5.03. The molecule has 0 aliphatic heterocycles. The SMILES string of the molecule is Cc1nnc(NCc2ccoc2)c2ccccc12. The van der Waals surface area contributed by atoms with Gasteiger partial charge in [0.25, 0.3) is 0 Å². The monoisotopic (exact) mass is 239 g/mol. The largest absolute Gasteiger partial charge is 0.472 e. The van der Waals surface area contributed by atoms with Gasteiger partial charge in [0, 0.05) is 22.9 Å². The summed E-state index contributed by atoms with van der Waals surface area (Å²) in [5.74, 6) is 0.803. The summed E-state index contributed by atoms with van der Waals surface area (Å²) in [6.45, 7) is 2.65. The highest BCUT2D eigenvalue weighted by Crippen LogP contribution is 2.22. The molecule has 90 valence electrons. The van der Waals surface area contributed by atoms with Crippen molar-refractivity contribution in [2.45, 2.75) is 13.5 Å². The van der Waals surface area contributed by atoms with Crippen LogP contribution in [0.5, 0.6) is 0 Å². The van der Waals surface area contributed by atoms with Crippen LogP contribution in [0.3, 0.4) is 0 Å². The normalized spacial score (nSPS) is 10.7. The van der Waals surface area contributed by atoms with E-state index >= 15 is 0 Å². The molecular formula is C14H13N3O. The number of hydrogen-bond acceptors (Lipinski definition) is 4. The molecular weight excluding hydrogens is 226 g/mol. The van der Waals surface area contributed by atoms with Crippen LogP contribution in [-0.2, 0) is 6.54 Å². The average Bonchev–Trinajstić information content (AvgIpc) is 2.92. The zero-order valence-electron chi connectivity index (χ0n) is 10.1. The van der Waals surface area contributed by atoms with Crippen LogP contribution in [0, 0.1) is 6.92 Å². The maximum Gasteiger partial charge on any atom is 0.156 e. The van der Waals surface area contributed by atoms with E-state index in [1.165, 1.54) is 0 Å². The van der Waals surface area contributed by atoms with E-state index < -0.39 is 0 Å². The number of hydrogen-bond donors (Lipinski definition) is 1. The van der Waals surface area contributed by atoms with Crippen molar-refractivity contribution in [1.29, 1.82) is 0 Å². The topological polar surface area (TPSA) is 51.0 Å². The smallest absolute Gasteiger partial charge is 0.156 e. The fraction of sp³-hybridized carbons (Fsp3) is 0.143. The van der Waals surface area contributed by atoms with Gasteiger partial charge in [0.1, 0.15) is 0 Å². The number of nitrogens with one attached hydrogen (secondary N) is 1. The second-order valence-corrected chi connectivity index (χ2v) is 4.16. The Morgan fingerprint density at radius 2 is 1.94 bits per heavy atom. The Labute approximate surface area is 105 Å². The number of aromatic nitrogens is 2. The molecule has 0 bridgehead atoms. The molecule has 1 N–H and O–H groups in total. The Hall–Kier alpha value is -2.36. The summed E-state index contributed by atoms with van der Waals surface area (Å²) >= 11 is 0. The lowest BCUT2D eigenvalue weighted by Gasteiger charge is -2.08. The third kappa shape index (κ3) is 1.93. The molecule has 0 spiro atoms. The fourth-order valence-corrected chi connectivity index (χ4v) is 1.95. The summed E-state index contributed by atoms with van der Waals surface area (Å²) in [6, 6.07) is 10.1. The molecule has 2 heterocycles. The first-order chi connectivity index (χ1) is 8.84. The Kier molecular flexibility index (Phi) is 2.68. The molecule has 0 unspecified atom stereocenters. The average molecular weight is 239 g/mol. The van der Waals surface area contributed by atoms with E-state index in [0.717, 1.165) is 27.8 Å². The highest BCUT2D eigenvalue weighted by molar-refractivity contribution is 5.92. The highest BCUT2D eigenvalue weighted by Gasteiger charge is 2.05. The van der Waals surface area contributed by atoms with Gasteiger partial charge in [0.05, 0.1) is 18.2 Å². The Morgan fingerprint density at radius 1 is 1.11 bits per heavy atom. The van der Waals surface area contributed by atoms with Crippen LogP contribution >= 0.6 is 0 Å². The van der Waals surface area contributed by atoms with Gasteiger partial charge in [-0.3, -0.25) is 0 Å². The summed E-state index contributed by atoms with van der Waals surface area (Å²) in [5.41, 5.74) is 2.03. The van der Waals surface area contributed by atoms with E-state index in [9.17, 15) is 0 Å². The summed E-state index contributed by atoms with van der Waals surface area (Å²) in [4.78, 5) is 0. The van der Waals surface area contributed by atoms with Crippen molar-refractivity contribution < 1.29 is 4.42 Å². The number of benzene rings is 1. The molecule has 0 atom stereocenters. The Balaban J connectivity index is 1.94. The number of aryl methyl sites for hydroxylation is 1. The molecule has 3 rings (SSSR count). The van der Waals surface area contributed by atoms with Gasteiger partial charge in [0.2, 0.25) is 0 Å². The van der Waals surface area contributed by atoms with Crippen LogP contribution in [0.25, 0.3) is 10.8 Å².